The molecule has 0 amide bonds. The summed E-state index contributed by atoms with van der Waals surface area (Å²) in [4.78, 5) is 0. The van der Waals surface area contributed by atoms with E-state index in [2.05, 4.69) is 26.2 Å². The number of hydrogen-bond donors (Lipinski definition) is 1. The Balaban J connectivity index is 2.93. The Morgan fingerprint density at radius 3 is 2.44 bits per heavy atom. The molecular formula is C9H16BrN3O3. The molecular weight excluding hydrogens is 278 g/mol. The van der Waals surface area contributed by atoms with E-state index >= 15 is 0 Å². The van der Waals surface area contributed by atoms with Crippen molar-refractivity contribution in [2.24, 2.45) is 7.05 Å². The van der Waals surface area contributed by atoms with Crippen molar-refractivity contribution in [3.05, 3.63) is 10.3 Å². The molecule has 7 heteroatoms. The van der Waals surface area contributed by atoms with Gasteiger partial charge >= 0.3 is 0 Å². The normalized spacial score (nSPS) is 15.4. The highest BCUT2D eigenvalue weighted by Gasteiger charge is 2.33. The number of ether oxygens (including phenoxy) is 2. The number of rotatable bonds is 5. The molecule has 1 heterocycles. The number of aliphatic hydroxyl groups is 1. The molecule has 0 saturated carbocycles. The number of nitrogens with zero attached hydrogens (tertiary/aromatic N) is 3. The second-order valence-corrected chi connectivity index (χ2v) is 4.48. The number of hydrogen-bond acceptors (Lipinski definition) is 5. The van der Waals surface area contributed by atoms with Crippen molar-refractivity contribution in [2.75, 3.05) is 14.2 Å². The first kappa shape index (κ1) is 13.6. The van der Waals surface area contributed by atoms with Crippen LogP contribution in [-0.2, 0) is 22.1 Å². The minimum Gasteiger partial charge on any atom is -0.384 e. The van der Waals surface area contributed by atoms with Crippen LogP contribution < -0.4 is 0 Å². The lowest BCUT2D eigenvalue weighted by molar-refractivity contribution is -0.143. The lowest BCUT2D eigenvalue weighted by Gasteiger charge is -2.26. The van der Waals surface area contributed by atoms with E-state index in [1.807, 2.05) is 0 Å². The van der Waals surface area contributed by atoms with E-state index in [1.165, 1.54) is 18.9 Å². The zero-order chi connectivity index (χ0) is 12.3. The van der Waals surface area contributed by atoms with Gasteiger partial charge in [-0.05, 0) is 22.9 Å². The molecule has 0 aliphatic carbocycles. The van der Waals surface area contributed by atoms with Gasteiger partial charge in [0.1, 0.15) is 11.3 Å². The number of aryl methyl sites for hydroxylation is 1. The minimum atomic E-state index is -1.13. The van der Waals surface area contributed by atoms with Crippen LogP contribution in [0.2, 0.25) is 0 Å². The Morgan fingerprint density at radius 2 is 2.06 bits per heavy atom. The molecule has 1 aromatic heterocycles. The van der Waals surface area contributed by atoms with Crippen molar-refractivity contribution >= 4 is 15.9 Å². The predicted molar refractivity (Wildman–Crippen MR) is 60.7 cm³/mol. The van der Waals surface area contributed by atoms with Gasteiger partial charge in [0, 0.05) is 27.7 Å². The topological polar surface area (TPSA) is 69.4 Å². The molecule has 0 aliphatic rings. The highest BCUT2D eigenvalue weighted by molar-refractivity contribution is 9.10. The highest BCUT2D eigenvalue weighted by atomic mass is 79.9. The molecule has 0 aromatic carbocycles. The lowest BCUT2D eigenvalue weighted by Crippen LogP contribution is -2.32. The zero-order valence-electron chi connectivity index (χ0n) is 9.77. The van der Waals surface area contributed by atoms with Crippen molar-refractivity contribution in [2.45, 2.75) is 25.2 Å². The Labute approximate surface area is 103 Å². The zero-order valence-corrected chi connectivity index (χ0v) is 11.4. The van der Waals surface area contributed by atoms with Gasteiger partial charge in [-0.3, -0.25) is 0 Å². The van der Waals surface area contributed by atoms with Gasteiger partial charge in [-0.25, -0.2) is 4.68 Å². The number of methoxy groups -OCH3 is 2. The fourth-order valence-electron chi connectivity index (χ4n) is 1.59. The molecule has 0 fully saturated rings. The van der Waals surface area contributed by atoms with Gasteiger partial charge in [0.25, 0.3) is 0 Å². The van der Waals surface area contributed by atoms with Gasteiger partial charge in [0.05, 0.1) is 0 Å². The predicted octanol–water partition coefficient (Wildman–Crippen LogP) is 0.794. The summed E-state index contributed by atoms with van der Waals surface area (Å²) < 4.78 is 12.2. The molecule has 1 atom stereocenters. The van der Waals surface area contributed by atoms with E-state index in [0.717, 1.165) is 0 Å². The van der Waals surface area contributed by atoms with Crippen LogP contribution in [0.1, 0.15) is 19.0 Å². The highest BCUT2D eigenvalue weighted by Crippen LogP contribution is 2.30. The van der Waals surface area contributed by atoms with Crippen molar-refractivity contribution in [1.29, 1.82) is 0 Å². The van der Waals surface area contributed by atoms with Gasteiger partial charge in [-0.2, -0.15) is 0 Å². The first-order chi connectivity index (χ1) is 7.42. The van der Waals surface area contributed by atoms with Crippen molar-refractivity contribution in [1.82, 2.24) is 15.0 Å². The Kier molecular flexibility index (Phi) is 4.43. The summed E-state index contributed by atoms with van der Waals surface area (Å²) in [5.41, 5.74) is -0.542. The Morgan fingerprint density at radius 1 is 1.50 bits per heavy atom. The van der Waals surface area contributed by atoms with Gasteiger partial charge in [0.15, 0.2) is 10.9 Å². The maximum Gasteiger partial charge on any atom is 0.159 e. The summed E-state index contributed by atoms with van der Waals surface area (Å²) in [5.74, 6) is 0. The number of halogens is 1. The molecule has 0 saturated heterocycles. The van der Waals surface area contributed by atoms with Crippen LogP contribution in [0.4, 0.5) is 0 Å². The molecule has 0 radical (unpaired) electrons. The van der Waals surface area contributed by atoms with Gasteiger partial charge < -0.3 is 14.6 Å². The molecule has 1 unspecified atom stereocenters. The van der Waals surface area contributed by atoms with Crippen LogP contribution >= 0.6 is 15.9 Å². The summed E-state index contributed by atoms with van der Waals surface area (Å²) in [7, 11) is 4.78. The fourth-order valence-corrected chi connectivity index (χ4v) is 2.34. The average Bonchev–Trinajstić information content (AvgIpc) is 2.55. The molecule has 1 aromatic rings. The summed E-state index contributed by atoms with van der Waals surface area (Å²) in [6.45, 7) is 1.67. The quantitative estimate of drug-likeness (QED) is 0.813. The third-order valence-electron chi connectivity index (χ3n) is 2.39. The summed E-state index contributed by atoms with van der Waals surface area (Å²) >= 11 is 3.25. The monoisotopic (exact) mass is 293 g/mol. The van der Waals surface area contributed by atoms with E-state index < -0.39 is 11.9 Å². The summed E-state index contributed by atoms with van der Waals surface area (Å²) in [5, 5.41) is 18.0. The largest absolute Gasteiger partial charge is 0.384 e. The van der Waals surface area contributed by atoms with E-state index in [0.29, 0.717) is 16.7 Å². The van der Waals surface area contributed by atoms with Gasteiger partial charge in [0.2, 0.25) is 0 Å². The van der Waals surface area contributed by atoms with Crippen LogP contribution in [0.25, 0.3) is 0 Å². The Bertz CT molecular complexity index is 330. The maximum absolute atomic E-state index is 10.4. The smallest absolute Gasteiger partial charge is 0.159 e. The summed E-state index contributed by atoms with van der Waals surface area (Å²) in [6, 6.07) is 0. The van der Waals surface area contributed by atoms with Crippen LogP contribution in [0.5, 0.6) is 0 Å². The Hall–Kier alpha value is -0.500. The molecule has 0 bridgehead atoms. The molecule has 1 N–H and O–H groups in total. The average molecular weight is 294 g/mol. The molecule has 6 nitrogen and oxygen atoms in total. The second-order valence-electron chi connectivity index (χ2n) is 3.73. The fraction of sp³-hybridized carbons (Fsp3) is 0.778. The first-order valence-electron chi connectivity index (χ1n) is 4.76. The second kappa shape index (κ2) is 5.22. The van der Waals surface area contributed by atoms with Crippen LogP contribution in [0.15, 0.2) is 4.60 Å². The van der Waals surface area contributed by atoms with Crippen molar-refractivity contribution < 1.29 is 14.6 Å². The lowest BCUT2D eigenvalue weighted by atomic mass is 9.98. The molecule has 92 valence electrons. The molecule has 0 aliphatic heterocycles. The van der Waals surface area contributed by atoms with Crippen LogP contribution in [0, 0.1) is 0 Å². The molecule has 0 spiro atoms. The third-order valence-corrected chi connectivity index (χ3v) is 2.92. The minimum absolute atomic E-state index is 0.291. The van der Waals surface area contributed by atoms with E-state index in [-0.39, 0.29) is 0 Å². The molecule has 1 rings (SSSR count). The van der Waals surface area contributed by atoms with Gasteiger partial charge in [-0.1, -0.05) is 5.21 Å². The number of aromatic nitrogens is 3. The summed E-state index contributed by atoms with van der Waals surface area (Å²) in [6.07, 6.45) is -0.184. The van der Waals surface area contributed by atoms with Crippen LogP contribution in [0.3, 0.4) is 0 Å². The maximum atomic E-state index is 10.4. The van der Waals surface area contributed by atoms with Crippen molar-refractivity contribution in [3.63, 3.8) is 0 Å². The molecule has 16 heavy (non-hydrogen) atoms. The van der Waals surface area contributed by atoms with E-state index in [4.69, 9.17) is 9.47 Å². The van der Waals surface area contributed by atoms with Crippen molar-refractivity contribution in [3.8, 4) is 0 Å². The first-order valence-corrected chi connectivity index (χ1v) is 5.55. The van der Waals surface area contributed by atoms with Crippen LogP contribution in [-0.4, -0.2) is 40.6 Å². The standard InChI is InChI=1S/C9H16BrN3O3/c1-9(14,5-6(15-3)16-4)7-8(10)11-12-13(7)2/h6,14H,5H2,1-4H3. The van der Waals surface area contributed by atoms with E-state index in [1.54, 1.807) is 14.0 Å². The van der Waals surface area contributed by atoms with Gasteiger partial charge in [-0.15, -0.1) is 5.10 Å². The van der Waals surface area contributed by atoms with E-state index in [9.17, 15) is 5.11 Å². The third kappa shape index (κ3) is 2.79. The SMILES string of the molecule is COC(CC(C)(O)c1c(Br)nnn1C)OC.